The van der Waals surface area contributed by atoms with Crippen LogP contribution >= 0.6 is 0 Å². The lowest BCUT2D eigenvalue weighted by molar-refractivity contribution is 0.198. The van der Waals surface area contributed by atoms with Gasteiger partial charge in [-0.05, 0) is 33.8 Å². The molecular weight excluding hydrogens is 252 g/mol. The predicted molar refractivity (Wildman–Crippen MR) is 78.9 cm³/mol. The molecule has 2 rings (SSSR count). The van der Waals surface area contributed by atoms with Crippen LogP contribution in [0.4, 0.5) is 0 Å². The first-order valence-corrected chi connectivity index (χ1v) is 6.96. The number of benzene rings is 1. The summed E-state index contributed by atoms with van der Waals surface area (Å²) in [6.45, 7) is 8.05. The van der Waals surface area contributed by atoms with Crippen molar-refractivity contribution >= 4 is 0 Å². The first-order valence-electron chi connectivity index (χ1n) is 6.96. The molecule has 0 saturated carbocycles. The number of rotatable bonds is 5. The summed E-state index contributed by atoms with van der Waals surface area (Å²) in [6, 6.07) is 7.85. The number of hydrogen-bond donors (Lipinski definition) is 1. The molecule has 0 bridgehead atoms. The number of aliphatic hydroxyl groups excluding tert-OH is 1. The number of aromatic nitrogens is 2. The van der Waals surface area contributed by atoms with Gasteiger partial charge in [-0.2, -0.15) is 5.10 Å². The molecule has 0 saturated heterocycles. The minimum atomic E-state index is -0.725. The molecule has 1 atom stereocenters. The van der Waals surface area contributed by atoms with E-state index in [0.29, 0.717) is 5.75 Å². The van der Waals surface area contributed by atoms with Crippen molar-refractivity contribution in [3.05, 3.63) is 47.8 Å². The Kier molecular flexibility index (Phi) is 4.45. The Bertz CT molecular complexity index is 561. The molecule has 4 heteroatoms. The Morgan fingerprint density at radius 3 is 2.45 bits per heavy atom. The number of para-hydroxylation sites is 1. The maximum atomic E-state index is 10.5. The molecule has 1 heterocycles. The molecule has 4 nitrogen and oxygen atoms in total. The summed E-state index contributed by atoms with van der Waals surface area (Å²) in [5, 5.41) is 14.8. The molecule has 0 aliphatic heterocycles. The average Bonchev–Trinajstić information content (AvgIpc) is 2.87. The third-order valence-corrected chi connectivity index (χ3v) is 3.04. The lowest BCUT2D eigenvalue weighted by atomic mass is 10.0. The van der Waals surface area contributed by atoms with Crippen LogP contribution in [0.5, 0.6) is 5.75 Å². The molecule has 0 aliphatic carbocycles. The number of hydrogen-bond acceptors (Lipinski definition) is 3. The van der Waals surface area contributed by atoms with Crippen molar-refractivity contribution in [1.82, 2.24) is 9.78 Å². The van der Waals surface area contributed by atoms with Gasteiger partial charge < -0.3 is 9.84 Å². The van der Waals surface area contributed by atoms with E-state index in [2.05, 4.69) is 18.9 Å². The molecule has 1 unspecified atom stereocenters. The van der Waals surface area contributed by atoms with Gasteiger partial charge in [0.25, 0.3) is 0 Å². The maximum Gasteiger partial charge on any atom is 0.125 e. The van der Waals surface area contributed by atoms with Crippen LogP contribution in [0.1, 0.15) is 51.0 Å². The van der Waals surface area contributed by atoms with Crippen LogP contribution in [0, 0.1) is 0 Å². The van der Waals surface area contributed by atoms with Gasteiger partial charge in [0.15, 0.2) is 0 Å². The zero-order valence-electron chi connectivity index (χ0n) is 12.4. The summed E-state index contributed by atoms with van der Waals surface area (Å²) in [4.78, 5) is 0. The molecular formula is C16H22N2O2. The first-order chi connectivity index (χ1) is 9.49. The van der Waals surface area contributed by atoms with E-state index in [4.69, 9.17) is 4.74 Å². The highest BCUT2D eigenvalue weighted by Gasteiger charge is 2.18. The van der Waals surface area contributed by atoms with Crippen molar-refractivity contribution in [2.45, 2.75) is 45.9 Å². The summed E-state index contributed by atoms with van der Waals surface area (Å²) in [7, 11) is 0. The van der Waals surface area contributed by atoms with Crippen LogP contribution in [0.25, 0.3) is 0 Å². The lowest BCUT2D eigenvalue weighted by Crippen LogP contribution is -2.09. The summed E-state index contributed by atoms with van der Waals surface area (Å²) in [6.07, 6.45) is 2.93. The molecule has 1 N–H and O–H groups in total. The van der Waals surface area contributed by atoms with Gasteiger partial charge >= 0.3 is 0 Å². The highest BCUT2D eigenvalue weighted by molar-refractivity contribution is 5.39. The maximum absolute atomic E-state index is 10.5. The van der Waals surface area contributed by atoms with E-state index < -0.39 is 6.10 Å². The van der Waals surface area contributed by atoms with Crippen molar-refractivity contribution < 1.29 is 9.84 Å². The number of nitrogens with zero attached hydrogens (tertiary/aromatic N) is 2. The van der Waals surface area contributed by atoms with Crippen LogP contribution in [-0.4, -0.2) is 21.0 Å². The van der Waals surface area contributed by atoms with E-state index in [9.17, 15) is 5.11 Å². The minimum absolute atomic E-state index is 0.0711. The Hall–Kier alpha value is -1.81. The quantitative estimate of drug-likeness (QED) is 0.909. The summed E-state index contributed by atoms with van der Waals surface area (Å²) < 4.78 is 7.59. The van der Waals surface area contributed by atoms with E-state index >= 15 is 0 Å². The van der Waals surface area contributed by atoms with Crippen LogP contribution in [-0.2, 0) is 0 Å². The van der Waals surface area contributed by atoms with E-state index in [0.717, 1.165) is 11.1 Å². The molecule has 20 heavy (non-hydrogen) atoms. The summed E-state index contributed by atoms with van der Waals surface area (Å²) in [5.41, 5.74) is 1.54. The summed E-state index contributed by atoms with van der Waals surface area (Å²) >= 11 is 0. The molecule has 2 aromatic rings. The molecule has 108 valence electrons. The zero-order valence-corrected chi connectivity index (χ0v) is 12.4. The van der Waals surface area contributed by atoms with Gasteiger partial charge in [-0.3, -0.25) is 4.68 Å². The molecule has 1 aromatic heterocycles. The fraction of sp³-hybridized carbons (Fsp3) is 0.438. The smallest absolute Gasteiger partial charge is 0.125 e. The van der Waals surface area contributed by atoms with Crippen LogP contribution < -0.4 is 4.74 Å². The van der Waals surface area contributed by atoms with Gasteiger partial charge in [0.1, 0.15) is 11.9 Å². The van der Waals surface area contributed by atoms with Crippen LogP contribution in [0.2, 0.25) is 0 Å². The van der Waals surface area contributed by atoms with Crippen LogP contribution in [0.15, 0.2) is 36.7 Å². The topological polar surface area (TPSA) is 47.3 Å². The normalized spacial score (nSPS) is 12.9. The molecule has 0 amide bonds. The Labute approximate surface area is 120 Å². The Morgan fingerprint density at radius 1 is 1.15 bits per heavy atom. The molecule has 0 aliphatic rings. The Balaban J connectivity index is 2.30. The van der Waals surface area contributed by atoms with Crippen molar-refractivity contribution in [2.24, 2.45) is 0 Å². The first kappa shape index (κ1) is 14.6. The van der Waals surface area contributed by atoms with E-state index in [1.165, 1.54) is 0 Å². The van der Waals surface area contributed by atoms with E-state index in [1.807, 2.05) is 49.0 Å². The molecule has 0 fully saturated rings. The second-order valence-corrected chi connectivity index (χ2v) is 5.45. The van der Waals surface area contributed by atoms with Crippen molar-refractivity contribution in [1.29, 1.82) is 0 Å². The molecule has 0 spiro atoms. The van der Waals surface area contributed by atoms with Gasteiger partial charge in [0.2, 0.25) is 0 Å². The predicted octanol–water partition coefficient (Wildman–Crippen LogP) is 3.33. The SMILES string of the molecule is CC(C)Oc1ccccc1C(O)c1cnn(C(C)C)c1. The summed E-state index contributed by atoms with van der Waals surface area (Å²) in [5.74, 6) is 0.715. The van der Waals surface area contributed by atoms with Crippen molar-refractivity contribution in [3.63, 3.8) is 0 Å². The second kappa shape index (κ2) is 6.09. The van der Waals surface area contributed by atoms with E-state index in [1.54, 1.807) is 6.20 Å². The van der Waals surface area contributed by atoms with Gasteiger partial charge in [-0.15, -0.1) is 0 Å². The third-order valence-electron chi connectivity index (χ3n) is 3.04. The number of ether oxygens (including phenoxy) is 1. The van der Waals surface area contributed by atoms with Gasteiger partial charge in [-0.25, -0.2) is 0 Å². The molecule has 0 radical (unpaired) electrons. The molecule has 1 aromatic carbocycles. The monoisotopic (exact) mass is 274 g/mol. The highest BCUT2D eigenvalue weighted by Crippen LogP contribution is 2.30. The fourth-order valence-electron chi connectivity index (χ4n) is 2.02. The average molecular weight is 274 g/mol. The van der Waals surface area contributed by atoms with Crippen molar-refractivity contribution in [2.75, 3.05) is 0 Å². The largest absolute Gasteiger partial charge is 0.491 e. The standard InChI is InChI=1S/C16H22N2O2/c1-11(2)18-10-13(9-17-18)16(19)14-7-5-6-8-15(14)20-12(3)4/h5-12,16,19H,1-4H3. The van der Waals surface area contributed by atoms with E-state index in [-0.39, 0.29) is 12.1 Å². The van der Waals surface area contributed by atoms with Crippen molar-refractivity contribution in [3.8, 4) is 5.75 Å². The third kappa shape index (κ3) is 3.20. The second-order valence-electron chi connectivity index (χ2n) is 5.45. The van der Waals surface area contributed by atoms with Gasteiger partial charge in [-0.1, -0.05) is 18.2 Å². The fourth-order valence-corrected chi connectivity index (χ4v) is 2.02. The van der Waals surface area contributed by atoms with Gasteiger partial charge in [0.05, 0.1) is 12.3 Å². The minimum Gasteiger partial charge on any atom is -0.491 e. The highest BCUT2D eigenvalue weighted by atomic mass is 16.5. The zero-order chi connectivity index (χ0) is 14.7. The van der Waals surface area contributed by atoms with Crippen LogP contribution in [0.3, 0.4) is 0 Å². The Morgan fingerprint density at radius 2 is 1.85 bits per heavy atom. The number of aliphatic hydroxyl groups is 1. The lowest BCUT2D eigenvalue weighted by Gasteiger charge is -2.17. The van der Waals surface area contributed by atoms with Gasteiger partial charge in [0, 0.05) is 23.4 Å².